The Morgan fingerprint density at radius 3 is 2.28 bits per heavy atom. The van der Waals surface area contributed by atoms with Gasteiger partial charge in [0.1, 0.15) is 6.61 Å². The van der Waals surface area contributed by atoms with Crippen molar-refractivity contribution in [3.05, 3.63) is 71.3 Å². The van der Waals surface area contributed by atoms with E-state index in [1.54, 1.807) is 0 Å². The number of carbonyl (C=O) groups is 2. The molecule has 2 aromatic carbocycles. The normalized spacial score (nSPS) is 18.2. The number of methoxy groups -OCH3 is 1. The number of ether oxygens (including phenoxy) is 2. The first kappa shape index (κ1) is 19.5. The molecule has 0 radical (unpaired) electrons. The van der Waals surface area contributed by atoms with Crippen LogP contribution in [0.2, 0.25) is 0 Å². The third-order valence-electron chi connectivity index (χ3n) is 6.37. The summed E-state index contributed by atoms with van der Waals surface area (Å²) in [5.74, 6) is 0.222. The molecular formula is C24H27NO4. The summed E-state index contributed by atoms with van der Waals surface area (Å²) >= 11 is 0. The standard InChI is InChI=1S/C24H27NO4/c1-28-22(26)21-9-7-19(8-10-21)20-11-13-24(14-12-20)16-25(17-24)23(27)29-15-18-5-3-2-4-6-18/h2-10,20H,11-17H2,1H3. The van der Waals surface area contributed by atoms with Crippen molar-refractivity contribution in [1.82, 2.24) is 4.90 Å². The molecule has 2 fully saturated rings. The van der Waals surface area contributed by atoms with Crippen LogP contribution in [0.25, 0.3) is 0 Å². The molecule has 2 aromatic rings. The summed E-state index contributed by atoms with van der Waals surface area (Å²) in [5.41, 5.74) is 3.14. The van der Waals surface area contributed by atoms with Gasteiger partial charge in [-0.05, 0) is 54.9 Å². The monoisotopic (exact) mass is 393 g/mol. The second-order valence-corrected chi connectivity index (χ2v) is 8.28. The Bertz CT molecular complexity index is 846. The average molecular weight is 393 g/mol. The third kappa shape index (κ3) is 4.29. The summed E-state index contributed by atoms with van der Waals surface area (Å²) in [6, 6.07) is 17.6. The second kappa shape index (κ2) is 8.27. The molecule has 1 amide bonds. The summed E-state index contributed by atoms with van der Waals surface area (Å²) < 4.78 is 10.2. The molecule has 0 unspecified atom stereocenters. The highest BCUT2D eigenvalue weighted by molar-refractivity contribution is 5.89. The van der Waals surface area contributed by atoms with Crippen molar-refractivity contribution in [2.45, 2.75) is 38.2 Å². The largest absolute Gasteiger partial charge is 0.465 e. The van der Waals surface area contributed by atoms with E-state index in [0.29, 0.717) is 18.1 Å². The van der Waals surface area contributed by atoms with Crippen LogP contribution < -0.4 is 0 Å². The van der Waals surface area contributed by atoms with E-state index in [1.807, 2.05) is 59.5 Å². The van der Waals surface area contributed by atoms with Gasteiger partial charge >= 0.3 is 12.1 Å². The lowest BCUT2D eigenvalue weighted by Gasteiger charge is -2.52. The number of likely N-dealkylation sites (tertiary alicyclic amines) is 1. The number of esters is 1. The molecule has 1 aliphatic carbocycles. The highest BCUT2D eigenvalue weighted by Crippen LogP contribution is 2.48. The van der Waals surface area contributed by atoms with E-state index >= 15 is 0 Å². The molecule has 1 saturated heterocycles. The van der Waals surface area contributed by atoms with Gasteiger partial charge in [0.2, 0.25) is 0 Å². The minimum atomic E-state index is -0.298. The molecule has 152 valence electrons. The van der Waals surface area contributed by atoms with Crippen molar-refractivity contribution in [2.24, 2.45) is 5.41 Å². The lowest BCUT2D eigenvalue weighted by Crippen LogP contribution is -2.59. The van der Waals surface area contributed by atoms with Crippen LogP contribution in [0.5, 0.6) is 0 Å². The number of hydrogen-bond acceptors (Lipinski definition) is 4. The van der Waals surface area contributed by atoms with Crippen LogP contribution >= 0.6 is 0 Å². The highest BCUT2D eigenvalue weighted by atomic mass is 16.6. The Kier molecular flexibility index (Phi) is 5.56. The maximum atomic E-state index is 12.3. The molecule has 5 heteroatoms. The van der Waals surface area contributed by atoms with E-state index in [2.05, 4.69) is 0 Å². The Hall–Kier alpha value is -2.82. The van der Waals surface area contributed by atoms with Crippen LogP contribution in [0.4, 0.5) is 4.79 Å². The van der Waals surface area contributed by atoms with E-state index in [9.17, 15) is 9.59 Å². The SMILES string of the molecule is COC(=O)c1ccc(C2CCC3(CC2)CN(C(=O)OCc2ccccc2)C3)cc1. The van der Waals surface area contributed by atoms with Gasteiger partial charge in [0, 0.05) is 18.5 Å². The Balaban J connectivity index is 1.24. The van der Waals surface area contributed by atoms with Crippen molar-refractivity contribution in [1.29, 1.82) is 0 Å². The number of nitrogens with zero attached hydrogens (tertiary/aromatic N) is 1. The average Bonchev–Trinajstić information content (AvgIpc) is 2.76. The fourth-order valence-corrected chi connectivity index (χ4v) is 4.59. The smallest absolute Gasteiger partial charge is 0.410 e. The van der Waals surface area contributed by atoms with Crippen LogP contribution in [0.1, 0.15) is 53.1 Å². The summed E-state index contributed by atoms with van der Waals surface area (Å²) in [5, 5.41) is 0. The maximum absolute atomic E-state index is 12.3. The zero-order chi connectivity index (χ0) is 20.3. The molecule has 4 rings (SSSR count). The quantitative estimate of drug-likeness (QED) is 0.702. The first-order chi connectivity index (χ1) is 14.1. The van der Waals surface area contributed by atoms with Gasteiger partial charge in [-0.2, -0.15) is 0 Å². The molecular weight excluding hydrogens is 366 g/mol. The zero-order valence-corrected chi connectivity index (χ0v) is 16.8. The van der Waals surface area contributed by atoms with E-state index < -0.39 is 0 Å². The van der Waals surface area contributed by atoms with Crippen LogP contribution in [-0.4, -0.2) is 37.2 Å². The van der Waals surface area contributed by atoms with Gasteiger partial charge in [-0.3, -0.25) is 0 Å². The molecule has 0 N–H and O–H groups in total. The first-order valence-corrected chi connectivity index (χ1v) is 10.2. The van der Waals surface area contributed by atoms with Gasteiger partial charge in [0.05, 0.1) is 12.7 Å². The zero-order valence-electron chi connectivity index (χ0n) is 16.8. The van der Waals surface area contributed by atoms with Crippen LogP contribution in [0.3, 0.4) is 0 Å². The third-order valence-corrected chi connectivity index (χ3v) is 6.37. The number of hydrogen-bond donors (Lipinski definition) is 0. The Morgan fingerprint density at radius 1 is 1.00 bits per heavy atom. The van der Waals surface area contributed by atoms with Gasteiger partial charge in [0.25, 0.3) is 0 Å². The predicted molar refractivity (Wildman–Crippen MR) is 110 cm³/mol. The van der Waals surface area contributed by atoms with Crippen molar-refractivity contribution in [2.75, 3.05) is 20.2 Å². The van der Waals surface area contributed by atoms with Crippen molar-refractivity contribution < 1.29 is 19.1 Å². The summed E-state index contributed by atoms with van der Waals surface area (Å²) in [6.45, 7) is 1.93. The molecule has 1 spiro atoms. The Labute approximate surface area is 171 Å². The Morgan fingerprint density at radius 2 is 1.66 bits per heavy atom. The van der Waals surface area contributed by atoms with Crippen LogP contribution in [-0.2, 0) is 16.1 Å². The fraction of sp³-hybridized carbons (Fsp3) is 0.417. The van der Waals surface area contributed by atoms with E-state index in [-0.39, 0.29) is 17.5 Å². The predicted octanol–water partition coefficient (Wildman–Crippen LogP) is 4.77. The van der Waals surface area contributed by atoms with Crippen molar-refractivity contribution in [3.63, 3.8) is 0 Å². The number of rotatable bonds is 4. The molecule has 0 bridgehead atoms. The second-order valence-electron chi connectivity index (χ2n) is 8.28. The molecule has 5 nitrogen and oxygen atoms in total. The summed E-state index contributed by atoms with van der Waals surface area (Å²) in [6.07, 6.45) is 4.27. The van der Waals surface area contributed by atoms with Gasteiger partial charge < -0.3 is 14.4 Å². The summed E-state index contributed by atoms with van der Waals surface area (Å²) in [4.78, 5) is 25.7. The van der Waals surface area contributed by atoms with Crippen molar-refractivity contribution in [3.8, 4) is 0 Å². The summed E-state index contributed by atoms with van der Waals surface area (Å²) in [7, 11) is 1.40. The number of amides is 1. The van der Waals surface area contributed by atoms with Crippen LogP contribution in [0.15, 0.2) is 54.6 Å². The lowest BCUT2D eigenvalue weighted by molar-refractivity contribution is -0.0303. The van der Waals surface area contributed by atoms with Crippen LogP contribution in [0, 0.1) is 5.41 Å². The van der Waals surface area contributed by atoms with Gasteiger partial charge in [-0.1, -0.05) is 42.5 Å². The topological polar surface area (TPSA) is 55.8 Å². The van der Waals surface area contributed by atoms with E-state index in [4.69, 9.17) is 9.47 Å². The molecule has 1 aliphatic heterocycles. The highest BCUT2D eigenvalue weighted by Gasteiger charge is 2.47. The van der Waals surface area contributed by atoms with Gasteiger partial charge in [-0.25, -0.2) is 9.59 Å². The minimum absolute atomic E-state index is 0.208. The number of carbonyl (C=O) groups excluding carboxylic acids is 2. The molecule has 0 atom stereocenters. The molecule has 0 aromatic heterocycles. The fourth-order valence-electron chi connectivity index (χ4n) is 4.59. The van der Waals surface area contributed by atoms with E-state index in [0.717, 1.165) is 44.3 Å². The van der Waals surface area contributed by atoms with Gasteiger partial charge in [0.15, 0.2) is 0 Å². The molecule has 2 aliphatic rings. The van der Waals surface area contributed by atoms with Gasteiger partial charge in [-0.15, -0.1) is 0 Å². The maximum Gasteiger partial charge on any atom is 0.410 e. The lowest BCUT2D eigenvalue weighted by atomic mass is 9.65. The minimum Gasteiger partial charge on any atom is -0.465 e. The molecule has 1 heterocycles. The molecule has 29 heavy (non-hydrogen) atoms. The first-order valence-electron chi connectivity index (χ1n) is 10.2. The van der Waals surface area contributed by atoms with E-state index in [1.165, 1.54) is 12.7 Å². The molecule has 1 saturated carbocycles. The van der Waals surface area contributed by atoms with Crippen molar-refractivity contribution >= 4 is 12.1 Å². The number of benzene rings is 2.